The second-order valence-corrected chi connectivity index (χ2v) is 10.1. The van der Waals surface area contributed by atoms with Crippen molar-refractivity contribution in [1.29, 1.82) is 0 Å². The monoisotopic (exact) mass is 532 g/mol. The molecule has 0 unspecified atom stereocenters. The lowest BCUT2D eigenvalue weighted by molar-refractivity contribution is 0.474. The molecule has 1 heterocycles. The molecule has 0 saturated carbocycles. The van der Waals surface area contributed by atoms with Crippen LogP contribution < -0.4 is 0 Å². The lowest BCUT2D eigenvalue weighted by atomic mass is 10.2. The van der Waals surface area contributed by atoms with Crippen LogP contribution in [0.4, 0.5) is 5.69 Å². The van der Waals surface area contributed by atoms with Crippen molar-refractivity contribution in [3.8, 4) is 5.75 Å². The number of aliphatic imine (C=N–C) groups is 1. The third-order valence-electron chi connectivity index (χ3n) is 3.97. The van der Waals surface area contributed by atoms with Crippen LogP contribution >= 0.6 is 55.0 Å². The van der Waals surface area contributed by atoms with E-state index in [1.165, 1.54) is 5.56 Å². The number of aromatic nitrogens is 1. The van der Waals surface area contributed by atoms with E-state index >= 15 is 0 Å². The zero-order valence-electron chi connectivity index (χ0n) is 14.5. The molecule has 0 radical (unpaired) electrons. The Balaban J connectivity index is 1.50. The lowest BCUT2D eigenvalue weighted by Gasteiger charge is -1.99. The Labute approximate surface area is 187 Å². The summed E-state index contributed by atoms with van der Waals surface area (Å²) in [6, 6.07) is 19.6. The highest BCUT2D eigenvalue weighted by Gasteiger charge is 2.06. The Morgan fingerprint density at radius 1 is 1.00 bits per heavy atom. The number of aromatic hydroxyl groups is 1. The number of hydrogen-bond acceptors (Lipinski definition) is 5. The molecular weight excluding hydrogens is 520 g/mol. The molecule has 0 fully saturated rings. The molecule has 0 spiro atoms. The van der Waals surface area contributed by atoms with Gasteiger partial charge in [-0.05, 0) is 54.1 Å². The summed E-state index contributed by atoms with van der Waals surface area (Å²) in [6.07, 6.45) is 1.67. The maximum atomic E-state index is 9.93. The molecule has 0 amide bonds. The van der Waals surface area contributed by atoms with Gasteiger partial charge in [-0.1, -0.05) is 55.8 Å². The summed E-state index contributed by atoms with van der Waals surface area (Å²) in [6.45, 7) is 0. The van der Waals surface area contributed by atoms with E-state index < -0.39 is 0 Å². The van der Waals surface area contributed by atoms with E-state index in [1.807, 2.05) is 24.3 Å². The van der Waals surface area contributed by atoms with Gasteiger partial charge in [0.15, 0.2) is 4.34 Å². The van der Waals surface area contributed by atoms with Gasteiger partial charge in [0.1, 0.15) is 5.75 Å². The van der Waals surface area contributed by atoms with Gasteiger partial charge < -0.3 is 5.11 Å². The second kappa shape index (κ2) is 8.78. The number of fused-ring (bicyclic) bond motifs is 1. The van der Waals surface area contributed by atoms with Crippen LogP contribution in [0.25, 0.3) is 10.2 Å². The van der Waals surface area contributed by atoms with Crippen LogP contribution in [0.5, 0.6) is 5.75 Å². The van der Waals surface area contributed by atoms with Crippen molar-refractivity contribution in [2.45, 2.75) is 10.1 Å². The average Bonchev–Trinajstić information content (AvgIpc) is 3.10. The van der Waals surface area contributed by atoms with E-state index in [0.29, 0.717) is 5.56 Å². The molecule has 140 valence electrons. The Hall–Kier alpha value is -1.67. The van der Waals surface area contributed by atoms with Gasteiger partial charge in [0.25, 0.3) is 0 Å². The normalized spacial score (nSPS) is 11.5. The van der Waals surface area contributed by atoms with Gasteiger partial charge in [0.05, 0.1) is 15.9 Å². The van der Waals surface area contributed by atoms with E-state index in [0.717, 1.165) is 34.9 Å². The van der Waals surface area contributed by atoms with E-state index in [2.05, 4.69) is 61.1 Å². The Bertz CT molecular complexity index is 1160. The summed E-state index contributed by atoms with van der Waals surface area (Å²) in [4.78, 5) is 9.21. The van der Waals surface area contributed by atoms with E-state index in [4.69, 9.17) is 4.98 Å². The van der Waals surface area contributed by atoms with Crippen LogP contribution in [0.2, 0.25) is 0 Å². The molecule has 4 aromatic rings. The molecule has 28 heavy (non-hydrogen) atoms. The number of thioether (sulfide) groups is 1. The molecule has 0 atom stereocenters. The smallest absolute Gasteiger partial charge is 0.151 e. The summed E-state index contributed by atoms with van der Waals surface area (Å²) in [7, 11) is 0. The Morgan fingerprint density at radius 2 is 1.79 bits per heavy atom. The van der Waals surface area contributed by atoms with Crippen LogP contribution in [-0.2, 0) is 5.75 Å². The molecule has 1 aromatic heterocycles. The minimum atomic E-state index is 0.206. The van der Waals surface area contributed by atoms with Crippen molar-refractivity contribution in [1.82, 2.24) is 4.98 Å². The molecule has 3 nitrogen and oxygen atoms in total. The minimum absolute atomic E-state index is 0.206. The summed E-state index contributed by atoms with van der Waals surface area (Å²) in [5.74, 6) is 1.10. The molecule has 1 N–H and O–H groups in total. The fourth-order valence-electron chi connectivity index (χ4n) is 2.53. The van der Waals surface area contributed by atoms with Crippen LogP contribution in [0, 0.1) is 0 Å². The molecule has 0 aliphatic heterocycles. The predicted molar refractivity (Wildman–Crippen MR) is 126 cm³/mol. The largest absolute Gasteiger partial charge is 0.507 e. The van der Waals surface area contributed by atoms with Crippen molar-refractivity contribution >= 4 is 77.1 Å². The SMILES string of the molecule is Oc1ccc(Br)cc1C=Nc1ccc2nc(SCc3ccc(Br)cc3)sc2c1. The first-order valence-electron chi connectivity index (χ1n) is 8.37. The number of hydrogen-bond donors (Lipinski definition) is 1. The standard InChI is InChI=1S/C21H14Br2N2OS2/c22-15-3-1-13(2-4-15)12-27-21-25-18-7-6-17(10-20(18)28-21)24-11-14-9-16(23)5-8-19(14)26/h1-11,26H,12H2. The Morgan fingerprint density at radius 3 is 2.61 bits per heavy atom. The number of phenols is 1. The minimum Gasteiger partial charge on any atom is -0.507 e. The van der Waals surface area contributed by atoms with Crippen LogP contribution in [0.1, 0.15) is 11.1 Å². The first-order chi connectivity index (χ1) is 13.6. The van der Waals surface area contributed by atoms with E-state index in [1.54, 1.807) is 41.4 Å². The molecular formula is C21H14Br2N2OS2. The fourth-order valence-corrected chi connectivity index (χ4v) is 5.23. The highest BCUT2D eigenvalue weighted by molar-refractivity contribution is 9.10. The number of rotatable bonds is 5. The highest BCUT2D eigenvalue weighted by atomic mass is 79.9. The molecule has 7 heteroatoms. The fraction of sp³-hybridized carbons (Fsp3) is 0.0476. The molecule has 3 aromatic carbocycles. The number of phenolic OH excluding ortho intramolecular Hbond substituents is 1. The predicted octanol–water partition coefficient (Wildman–Crippen LogP) is 7.57. The van der Waals surface area contributed by atoms with Gasteiger partial charge in [-0.25, -0.2) is 4.98 Å². The summed E-state index contributed by atoms with van der Waals surface area (Å²) < 4.78 is 4.14. The van der Waals surface area contributed by atoms with Crippen LogP contribution in [0.15, 0.2) is 78.9 Å². The van der Waals surface area contributed by atoms with Crippen molar-refractivity contribution in [3.63, 3.8) is 0 Å². The van der Waals surface area contributed by atoms with Crippen molar-refractivity contribution < 1.29 is 5.11 Å². The zero-order valence-corrected chi connectivity index (χ0v) is 19.3. The van der Waals surface area contributed by atoms with Crippen LogP contribution in [0.3, 0.4) is 0 Å². The topological polar surface area (TPSA) is 45.5 Å². The highest BCUT2D eigenvalue weighted by Crippen LogP contribution is 2.33. The number of nitrogens with zero attached hydrogens (tertiary/aromatic N) is 2. The molecule has 0 bridgehead atoms. The van der Waals surface area contributed by atoms with Gasteiger partial charge in [0, 0.05) is 26.5 Å². The molecule has 0 aliphatic rings. The maximum absolute atomic E-state index is 9.93. The lowest BCUT2D eigenvalue weighted by Crippen LogP contribution is -1.82. The zero-order chi connectivity index (χ0) is 19.5. The van der Waals surface area contributed by atoms with Gasteiger partial charge in [-0.3, -0.25) is 4.99 Å². The first kappa shape index (κ1) is 19.6. The number of benzene rings is 3. The summed E-state index contributed by atoms with van der Waals surface area (Å²) >= 11 is 10.3. The van der Waals surface area contributed by atoms with Crippen molar-refractivity contribution in [2.24, 2.45) is 4.99 Å². The van der Waals surface area contributed by atoms with Gasteiger partial charge in [-0.2, -0.15) is 0 Å². The number of thiazole rings is 1. The maximum Gasteiger partial charge on any atom is 0.151 e. The Kier molecular flexibility index (Phi) is 6.16. The van der Waals surface area contributed by atoms with Crippen molar-refractivity contribution in [3.05, 3.63) is 80.7 Å². The molecule has 0 saturated heterocycles. The van der Waals surface area contributed by atoms with E-state index in [9.17, 15) is 5.11 Å². The van der Waals surface area contributed by atoms with Gasteiger partial charge >= 0.3 is 0 Å². The molecule has 0 aliphatic carbocycles. The summed E-state index contributed by atoms with van der Waals surface area (Å²) in [5.41, 5.74) is 3.75. The number of halogens is 2. The van der Waals surface area contributed by atoms with Gasteiger partial charge in [0.2, 0.25) is 0 Å². The average molecular weight is 534 g/mol. The molecule has 4 rings (SSSR count). The quantitative estimate of drug-likeness (QED) is 0.212. The summed E-state index contributed by atoms with van der Waals surface area (Å²) in [5, 5.41) is 9.93. The van der Waals surface area contributed by atoms with E-state index in [-0.39, 0.29) is 5.75 Å². The van der Waals surface area contributed by atoms with Gasteiger partial charge in [-0.15, -0.1) is 11.3 Å². The third-order valence-corrected chi connectivity index (χ3v) is 7.22. The second-order valence-electron chi connectivity index (χ2n) is 6.01. The first-order valence-corrected chi connectivity index (χ1v) is 11.8. The van der Waals surface area contributed by atoms with Crippen LogP contribution in [-0.4, -0.2) is 16.3 Å². The van der Waals surface area contributed by atoms with Crippen molar-refractivity contribution in [2.75, 3.05) is 0 Å². The third kappa shape index (κ3) is 4.84.